The van der Waals surface area contributed by atoms with Crippen molar-refractivity contribution in [1.29, 1.82) is 0 Å². The Morgan fingerprint density at radius 3 is 2.45 bits per heavy atom. The standard InChI is InChI=1S/C26H18F2N6O4/c1-14-21-22(15-6-12-18(13-7-15)38-26(27)28)32-20-5-3-2-4-19(20)29-25(35)24(32)30-23(21)33(31-14)16-8-10-17(11-9-16)34(36)37/h2-13,22,26H,1H3,(H,29,35)/t22-/m1/s1. The highest BCUT2D eigenvalue weighted by atomic mass is 19.3. The lowest BCUT2D eigenvalue weighted by Gasteiger charge is -2.40. The van der Waals surface area contributed by atoms with Gasteiger partial charge in [-0.3, -0.25) is 14.9 Å². The van der Waals surface area contributed by atoms with Crippen LogP contribution in [0.4, 0.5) is 31.7 Å². The second-order valence-electron chi connectivity index (χ2n) is 8.63. The molecule has 4 aromatic rings. The third-order valence-corrected chi connectivity index (χ3v) is 6.39. The molecule has 0 fully saturated rings. The first-order chi connectivity index (χ1) is 18.3. The fourth-order valence-corrected chi connectivity index (χ4v) is 4.78. The van der Waals surface area contributed by atoms with E-state index in [9.17, 15) is 23.7 Å². The Bertz CT molecular complexity index is 1620. The monoisotopic (exact) mass is 516 g/mol. The number of fused-ring (bicyclic) bond motifs is 4. The minimum Gasteiger partial charge on any atom is -0.435 e. The van der Waals surface area contributed by atoms with Gasteiger partial charge >= 0.3 is 6.61 Å². The zero-order valence-corrected chi connectivity index (χ0v) is 19.7. The van der Waals surface area contributed by atoms with Crippen molar-refractivity contribution in [1.82, 2.24) is 9.78 Å². The first-order valence-electron chi connectivity index (χ1n) is 11.5. The van der Waals surface area contributed by atoms with E-state index in [4.69, 9.17) is 4.99 Å². The minimum atomic E-state index is -2.96. The van der Waals surface area contributed by atoms with Gasteiger partial charge in [0.2, 0.25) is 5.84 Å². The van der Waals surface area contributed by atoms with Crippen molar-refractivity contribution >= 4 is 34.6 Å². The highest BCUT2D eigenvalue weighted by molar-refractivity contribution is 6.50. The number of para-hydroxylation sites is 2. The fourth-order valence-electron chi connectivity index (χ4n) is 4.78. The van der Waals surface area contributed by atoms with Gasteiger partial charge in [-0.15, -0.1) is 0 Å². The van der Waals surface area contributed by atoms with Crippen molar-refractivity contribution in [3.63, 3.8) is 0 Å². The van der Waals surface area contributed by atoms with E-state index in [0.717, 1.165) is 0 Å². The van der Waals surface area contributed by atoms with Crippen LogP contribution in [0, 0.1) is 17.0 Å². The van der Waals surface area contributed by atoms with E-state index in [0.29, 0.717) is 39.7 Å². The number of nitro groups is 1. The molecule has 0 bridgehead atoms. The number of nitro benzene ring substituents is 1. The van der Waals surface area contributed by atoms with Crippen molar-refractivity contribution in [3.05, 3.63) is 99.7 Å². The van der Waals surface area contributed by atoms with Crippen LogP contribution in [-0.4, -0.2) is 33.1 Å². The van der Waals surface area contributed by atoms with Gasteiger partial charge in [0, 0.05) is 17.7 Å². The number of anilines is 2. The molecule has 2 aliphatic heterocycles. The Morgan fingerprint density at radius 2 is 1.76 bits per heavy atom. The number of nitrogens with zero attached hydrogens (tertiary/aromatic N) is 5. The first kappa shape index (κ1) is 23.3. The van der Waals surface area contributed by atoms with Crippen molar-refractivity contribution < 1.29 is 23.2 Å². The van der Waals surface area contributed by atoms with Gasteiger partial charge in [-0.2, -0.15) is 13.9 Å². The average molecular weight is 516 g/mol. The van der Waals surface area contributed by atoms with Gasteiger partial charge in [-0.1, -0.05) is 24.3 Å². The molecule has 0 saturated carbocycles. The molecule has 2 aliphatic rings. The van der Waals surface area contributed by atoms with E-state index in [2.05, 4.69) is 15.2 Å². The number of amides is 1. The van der Waals surface area contributed by atoms with Crippen molar-refractivity contribution in [2.75, 3.05) is 10.2 Å². The zero-order valence-electron chi connectivity index (χ0n) is 19.7. The molecule has 1 N–H and O–H groups in total. The maximum Gasteiger partial charge on any atom is 0.387 e. The van der Waals surface area contributed by atoms with Crippen LogP contribution in [-0.2, 0) is 4.79 Å². The molecular weight excluding hydrogens is 498 g/mol. The van der Waals surface area contributed by atoms with Crippen LogP contribution in [0.5, 0.6) is 5.75 Å². The molecule has 6 rings (SSSR count). The molecule has 0 unspecified atom stereocenters. The summed E-state index contributed by atoms with van der Waals surface area (Å²) in [6.45, 7) is -1.15. The minimum absolute atomic E-state index is 0.00348. The Hall–Kier alpha value is -5.13. The molecule has 1 amide bonds. The Kier molecular flexibility index (Phi) is 5.37. The largest absolute Gasteiger partial charge is 0.435 e. The highest BCUT2D eigenvalue weighted by Gasteiger charge is 2.42. The molecule has 3 aromatic carbocycles. The molecule has 10 nitrogen and oxygen atoms in total. The van der Waals surface area contributed by atoms with Gasteiger partial charge in [-0.25, -0.2) is 9.67 Å². The quantitative estimate of drug-likeness (QED) is 0.285. The molecule has 12 heteroatoms. The summed E-state index contributed by atoms with van der Waals surface area (Å²) >= 11 is 0. The third kappa shape index (κ3) is 3.74. The summed E-state index contributed by atoms with van der Waals surface area (Å²) in [7, 11) is 0. The van der Waals surface area contributed by atoms with Crippen LogP contribution < -0.4 is 15.0 Å². The zero-order chi connectivity index (χ0) is 26.6. The first-order valence-corrected chi connectivity index (χ1v) is 11.5. The maximum atomic E-state index is 13.2. The number of hydrogen-bond acceptors (Lipinski definition) is 7. The molecule has 38 heavy (non-hydrogen) atoms. The Labute approximate surface area is 213 Å². The number of non-ortho nitro benzene ring substituents is 1. The van der Waals surface area contributed by atoms with Gasteiger partial charge in [0.05, 0.1) is 33.7 Å². The van der Waals surface area contributed by atoms with E-state index in [1.54, 1.807) is 48.2 Å². The lowest BCUT2D eigenvalue weighted by atomic mass is 9.93. The van der Waals surface area contributed by atoms with Crippen LogP contribution in [0.3, 0.4) is 0 Å². The van der Waals surface area contributed by atoms with Crippen molar-refractivity contribution in [2.45, 2.75) is 19.6 Å². The summed E-state index contributed by atoms with van der Waals surface area (Å²) in [6, 6.07) is 18.7. The number of carbonyl (C=O) groups excluding carboxylic acids is 1. The number of hydrogen-bond donors (Lipinski definition) is 1. The number of nitrogens with one attached hydrogen (secondary N) is 1. The predicted octanol–water partition coefficient (Wildman–Crippen LogP) is 5.28. The van der Waals surface area contributed by atoms with Crippen LogP contribution in [0.2, 0.25) is 0 Å². The SMILES string of the molecule is Cc1nn(-c2ccc([N+](=O)[O-])cc2)c2c1[C@@H](c1ccc(OC(F)F)cc1)N1C(=N2)C(=O)Nc2ccccc21. The number of alkyl halides is 2. The normalized spacial score (nSPS) is 15.8. The average Bonchev–Trinajstić information content (AvgIpc) is 3.24. The molecule has 190 valence electrons. The number of carbonyl (C=O) groups is 1. The lowest BCUT2D eigenvalue weighted by molar-refractivity contribution is -0.384. The molecule has 0 spiro atoms. The number of halogens is 2. The predicted molar refractivity (Wildman–Crippen MR) is 135 cm³/mol. The number of aromatic nitrogens is 2. The van der Waals surface area contributed by atoms with Gasteiger partial charge in [0.25, 0.3) is 11.6 Å². The topological polar surface area (TPSA) is 115 Å². The van der Waals surface area contributed by atoms with Crippen LogP contribution in [0.15, 0.2) is 77.8 Å². The van der Waals surface area contributed by atoms with E-state index in [1.807, 2.05) is 12.1 Å². The van der Waals surface area contributed by atoms with Gasteiger partial charge in [0.1, 0.15) is 5.75 Å². The maximum absolute atomic E-state index is 13.2. The van der Waals surface area contributed by atoms with E-state index in [-0.39, 0.29) is 17.3 Å². The van der Waals surface area contributed by atoms with Crippen molar-refractivity contribution in [3.8, 4) is 11.4 Å². The molecule has 0 saturated heterocycles. The van der Waals surface area contributed by atoms with Gasteiger partial charge < -0.3 is 15.0 Å². The Morgan fingerprint density at radius 1 is 1.05 bits per heavy atom. The molecule has 0 radical (unpaired) electrons. The molecule has 0 aliphatic carbocycles. The fraction of sp³-hybridized carbons (Fsp3) is 0.115. The molecule has 1 aromatic heterocycles. The number of ether oxygens (including phenoxy) is 1. The Balaban J connectivity index is 1.56. The lowest BCUT2D eigenvalue weighted by Crippen LogP contribution is -2.48. The van der Waals surface area contributed by atoms with E-state index in [1.165, 1.54) is 28.9 Å². The molecule has 3 heterocycles. The number of aliphatic imine (C=N–C) groups is 1. The van der Waals surface area contributed by atoms with Crippen LogP contribution in [0.25, 0.3) is 5.69 Å². The van der Waals surface area contributed by atoms with E-state index >= 15 is 0 Å². The van der Waals surface area contributed by atoms with Crippen molar-refractivity contribution in [2.24, 2.45) is 4.99 Å². The summed E-state index contributed by atoms with van der Waals surface area (Å²) in [5, 5.41) is 18.6. The number of benzene rings is 3. The molecular formula is C26H18F2N6O4. The summed E-state index contributed by atoms with van der Waals surface area (Å²) in [6.07, 6.45) is 0. The third-order valence-electron chi connectivity index (χ3n) is 6.39. The summed E-state index contributed by atoms with van der Waals surface area (Å²) in [5.41, 5.74) is 3.75. The smallest absolute Gasteiger partial charge is 0.387 e. The summed E-state index contributed by atoms with van der Waals surface area (Å²) in [4.78, 5) is 30.4. The number of amidine groups is 1. The van der Waals surface area contributed by atoms with Gasteiger partial charge in [-0.05, 0) is 48.9 Å². The highest BCUT2D eigenvalue weighted by Crippen LogP contribution is 2.47. The summed E-state index contributed by atoms with van der Waals surface area (Å²) in [5.74, 6) is 0.0853. The summed E-state index contributed by atoms with van der Waals surface area (Å²) < 4.78 is 31.6. The second kappa shape index (κ2) is 8.76. The number of aryl methyl sites for hydroxylation is 1. The van der Waals surface area contributed by atoms with E-state index < -0.39 is 23.5 Å². The number of rotatable bonds is 5. The second-order valence-corrected chi connectivity index (χ2v) is 8.63. The van der Waals surface area contributed by atoms with Crippen LogP contribution in [0.1, 0.15) is 22.9 Å². The van der Waals surface area contributed by atoms with Gasteiger partial charge in [0.15, 0.2) is 5.82 Å². The van der Waals surface area contributed by atoms with Crippen LogP contribution >= 0.6 is 0 Å². The molecule has 1 atom stereocenters.